The molecule has 19 heavy (non-hydrogen) atoms. The van der Waals surface area contributed by atoms with E-state index in [0.29, 0.717) is 5.02 Å². The Labute approximate surface area is 123 Å². The minimum atomic E-state index is 0.130. The van der Waals surface area contributed by atoms with Crippen molar-refractivity contribution in [3.63, 3.8) is 0 Å². The first kappa shape index (κ1) is 14.4. The molecule has 1 aromatic carbocycles. The number of methoxy groups -OCH3 is 1. The Morgan fingerprint density at radius 1 is 1.26 bits per heavy atom. The third kappa shape index (κ3) is 2.94. The van der Waals surface area contributed by atoms with Crippen LogP contribution in [0.25, 0.3) is 0 Å². The molecule has 0 fully saturated rings. The zero-order valence-electron chi connectivity index (χ0n) is 11.6. The SMILES string of the molecule is CNC(c1ccc(Cl)cc1OC)c1sc(C)cc1C. The second-order valence-corrected chi connectivity index (χ2v) is 6.24. The number of hydrogen-bond donors (Lipinski definition) is 1. The zero-order chi connectivity index (χ0) is 14.0. The molecule has 0 saturated carbocycles. The van der Waals surface area contributed by atoms with Gasteiger partial charge in [-0.2, -0.15) is 0 Å². The highest BCUT2D eigenvalue weighted by Crippen LogP contribution is 2.36. The standard InChI is InChI=1S/C15H18ClNOS/c1-9-7-10(2)19-15(9)14(17-3)12-6-5-11(16)8-13(12)18-4/h5-8,14,17H,1-4H3. The molecule has 1 aromatic heterocycles. The maximum atomic E-state index is 6.03. The number of benzene rings is 1. The smallest absolute Gasteiger partial charge is 0.125 e. The molecule has 0 amide bonds. The van der Waals surface area contributed by atoms with Crippen LogP contribution in [0, 0.1) is 13.8 Å². The average molecular weight is 296 g/mol. The van der Waals surface area contributed by atoms with Crippen molar-refractivity contribution in [1.29, 1.82) is 0 Å². The van der Waals surface area contributed by atoms with Crippen molar-refractivity contribution in [2.45, 2.75) is 19.9 Å². The monoisotopic (exact) mass is 295 g/mol. The number of thiophene rings is 1. The van der Waals surface area contributed by atoms with E-state index in [1.165, 1.54) is 15.3 Å². The van der Waals surface area contributed by atoms with Gasteiger partial charge in [-0.1, -0.05) is 17.7 Å². The Bertz CT molecular complexity index is 580. The molecule has 0 aliphatic carbocycles. The molecule has 0 radical (unpaired) electrons. The van der Waals surface area contributed by atoms with Gasteiger partial charge in [-0.3, -0.25) is 0 Å². The van der Waals surface area contributed by atoms with Crippen molar-refractivity contribution in [3.05, 3.63) is 50.2 Å². The van der Waals surface area contributed by atoms with Crippen LogP contribution in [-0.4, -0.2) is 14.2 Å². The highest BCUT2D eigenvalue weighted by molar-refractivity contribution is 7.12. The van der Waals surface area contributed by atoms with Crippen molar-refractivity contribution in [2.75, 3.05) is 14.2 Å². The van der Waals surface area contributed by atoms with Gasteiger partial charge >= 0.3 is 0 Å². The second kappa shape index (κ2) is 5.95. The fourth-order valence-electron chi connectivity index (χ4n) is 2.30. The van der Waals surface area contributed by atoms with Crippen LogP contribution in [0.15, 0.2) is 24.3 Å². The quantitative estimate of drug-likeness (QED) is 0.906. The molecule has 1 atom stereocenters. The molecule has 4 heteroatoms. The minimum absolute atomic E-state index is 0.130. The van der Waals surface area contributed by atoms with E-state index in [-0.39, 0.29) is 6.04 Å². The number of nitrogens with one attached hydrogen (secondary N) is 1. The largest absolute Gasteiger partial charge is 0.496 e. The summed E-state index contributed by atoms with van der Waals surface area (Å²) >= 11 is 7.84. The number of aryl methyl sites for hydroxylation is 2. The van der Waals surface area contributed by atoms with Gasteiger partial charge in [0, 0.05) is 20.3 Å². The summed E-state index contributed by atoms with van der Waals surface area (Å²) in [4.78, 5) is 2.64. The van der Waals surface area contributed by atoms with Gasteiger partial charge in [0.25, 0.3) is 0 Å². The van der Waals surface area contributed by atoms with Crippen LogP contribution in [0.2, 0.25) is 5.02 Å². The summed E-state index contributed by atoms with van der Waals surface area (Å²) in [7, 11) is 3.64. The van der Waals surface area contributed by atoms with Crippen LogP contribution in [-0.2, 0) is 0 Å². The van der Waals surface area contributed by atoms with Gasteiger partial charge in [0.15, 0.2) is 0 Å². The van der Waals surface area contributed by atoms with Gasteiger partial charge in [-0.15, -0.1) is 11.3 Å². The van der Waals surface area contributed by atoms with Crippen LogP contribution in [0.5, 0.6) is 5.75 Å². The van der Waals surface area contributed by atoms with E-state index in [4.69, 9.17) is 16.3 Å². The molecule has 1 heterocycles. The summed E-state index contributed by atoms with van der Waals surface area (Å²) < 4.78 is 5.46. The van der Waals surface area contributed by atoms with Gasteiger partial charge in [-0.05, 0) is 44.7 Å². The fourth-order valence-corrected chi connectivity index (χ4v) is 3.62. The molecule has 0 bridgehead atoms. The summed E-state index contributed by atoms with van der Waals surface area (Å²) in [6.45, 7) is 4.28. The summed E-state index contributed by atoms with van der Waals surface area (Å²) in [5.41, 5.74) is 2.42. The zero-order valence-corrected chi connectivity index (χ0v) is 13.2. The van der Waals surface area contributed by atoms with E-state index in [2.05, 4.69) is 25.2 Å². The van der Waals surface area contributed by atoms with E-state index in [9.17, 15) is 0 Å². The minimum Gasteiger partial charge on any atom is -0.496 e. The van der Waals surface area contributed by atoms with Crippen molar-refractivity contribution in [2.24, 2.45) is 0 Å². The van der Waals surface area contributed by atoms with Crippen molar-refractivity contribution in [3.8, 4) is 5.75 Å². The van der Waals surface area contributed by atoms with Gasteiger partial charge in [-0.25, -0.2) is 0 Å². The number of halogens is 1. The summed E-state index contributed by atoms with van der Waals surface area (Å²) in [6.07, 6.45) is 0. The van der Waals surface area contributed by atoms with E-state index in [0.717, 1.165) is 11.3 Å². The van der Waals surface area contributed by atoms with Gasteiger partial charge < -0.3 is 10.1 Å². The fraction of sp³-hybridized carbons (Fsp3) is 0.333. The topological polar surface area (TPSA) is 21.3 Å². The van der Waals surface area contributed by atoms with Crippen LogP contribution in [0.4, 0.5) is 0 Å². The Kier molecular flexibility index (Phi) is 4.50. The maximum Gasteiger partial charge on any atom is 0.125 e. The number of rotatable bonds is 4. The van der Waals surface area contributed by atoms with Crippen molar-refractivity contribution < 1.29 is 4.74 Å². The normalized spacial score (nSPS) is 12.5. The maximum absolute atomic E-state index is 6.03. The Balaban J connectivity index is 2.50. The lowest BCUT2D eigenvalue weighted by Crippen LogP contribution is -2.18. The Morgan fingerprint density at radius 2 is 2.00 bits per heavy atom. The predicted molar refractivity (Wildman–Crippen MR) is 82.7 cm³/mol. The highest BCUT2D eigenvalue weighted by Gasteiger charge is 2.20. The second-order valence-electron chi connectivity index (χ2n) is 4.51. The molecule has 2 rings (SSSR count). The van der Waals surface area contributed by atoms with Gasteiger partial charge in [0.05, 0.1) is 13.2 Å². The highest BCUT2D eigenvalue weighted by atomic mass is 35.5. The lowest BCUT2D eigenvalue weighted by molar-refractivity contribution is 0.405. The molecule has 0 saturated heterocycles. The first-order valence-corrected chi connectivity index (χ1v) is 7.34. The van der Waals surface area contributed by atoms with E-state index in [1.54, 1.807) is 7.11 Å². The molecular formula is C15H18ClNOS. The number of hydrogen-bond acceptors (Lipinski definition) is 3. The third-order valence-corrected chi connectivity index (χ3v) is 4.59. The van der Waals surface area contributed by atoms with Crippen molar-refractivity contribution in [1.82, 2.24) is 5.32 Å². The third-order valence-electron chi connectivity index (χ3n) is 3.14. The van der Waals surface area contributed by atoms with Crippen LogP contribution >= 0.6 is 22.9 Å². The van der Waals surface area contributed by atoms with E-state index < -0.39 is 0 Å². The molecule has 2 aromatic rings. The van der Waals surface area contributed by atoms with Crippen molar-refractivity contribution >= 4 is 22.9 Å². The first-order valence-electron chi connectivity index (χ1n) is 6.14. The molecule has 0 aliphatic heterocycles. The Hall–Kier alpha value is -1.03. The lowest BCUT2D eigenvalue weighted by atomic mass is 10.0. The molecule has 0 aliphatic rings. The first-order chi connectivity index (χ1) is 9.06. The molecule has 2 nitrogen and oxygen atoms in total. The Morgan fingerprint density at radius 3 is 2.53 bits per heavy atom. The molecule has 102 valence electrons. The van der Waals surface area contributed by atoms with E-state index >= 15 is 0 Å². The van der Waals surface area contributed by atoms with Gasteiger partial charge in [0.2, 0.25) is 0 Å². The van der Waals surface area contributed by atoms with Crippen LogP contribution in [0.3, 0.4) is 0 Å². The predicted octanol–water partition coefficient (Wildman–Crippen LogP) is 4.34. The summed E-state index contributed by atoms with van der Waals surface area (Å²) in [5, 5.41) is 4.06. The van der Waals surface area contributed by atoms with Gasteiger partial charge in [0.1, 0.15) is 5.75 Å². The molecule has 1 unspecified atom stereocenters. The lowest BCUT2D eigenvalue weighted by Gasteiger charge is -2.19. The molecular weight excluding hydrogens is 278 g/mol. The van der Waals surface area contributed by atoms with Crippen LogP contribution < -0.4 is 10.1 Å². The summed E-state index contributed by atoms with van der Waals surface area (Å²) in [6, 6.07) is 8.13. The summed E-state index contributed by atoms with van der Waals surface area (Å²) in [5.74, 6) is 0.817. The number of ether oxygens (including phenoxy) is 1. The van der Waals surface area contributed by atoms with E-state index in [1.807, 2.05) is 36.6 Å². The molecule has 0 spiro atoms. The van der Waals surface area contributed by atoms with Crippen LogP contribution in [0.1, 0.15) is 26.9 Å². The average Bonchev–Trinajstić information content (AvgIpc) is 2.71. The molecule has 1 N–H and O–H groups in total.